The molecule has 0 aromatic heterocycles. The molecule has 1 amide bonds. The summed E-state index contributed by atoms with van der Waals surface area (Å²) >= 11 is 0. The summed E-state index contributed by atoms with van der Waals surface area (Å²) in [7, 11) is -1.56. The predicted molar refractivity (Wildman–Crippen MR) is 64.8 cm³/mol. The highest BCUT2D eigenvalue weighted by molar-refractivity contribution is 7.90. The monoisotopic (exact) mass is 250 g/mol. The molecular formula is C10H22N2O3S. The summed E-state index contributed by atoms with van der Waals surface area (Å²) in [6.07, 6.45) is 1.96. The average Bonchev–Trinajstić information content (AvgIpc) is 2.10. The highest BCUT2D eigenvalue weighted by Crippen LogP contribution is 2.02. The number of likely N-dealkylation sites (N-methyl/N-ethyl adjacent to an activating group) is 1. The number of carbonyl (C=O) groups is 1. The first kappa shape index (κ1) is 15.4. The van der Waals surface area contributed by atoms with Crippen LogP contribution in [0, 0.1) is 5.92 Å². The molecular weight excluding hydrogens is 228 g/mol. The Morgan fingerprint density at radius 3 is 2.25 bits per heavy atom. The number of hydrogen-bond donors (Lipinski definition) is 1. The molecule has 2 N–H and O–H groups in total. The number of amides is 1. The van der Waals surface area contributed by atoms with Crippen molar-refractivity contribution in [2.75, 3.05) is 25.6 Å². The number of nitrogens with zero attached hydrogens (tertiary/aromatic N) is 1. The van der Waals surface area contributed by atoms with Gasteiger partial charge in [-0.15, -0.1) is 0 Å². The van der Waals surface area contributed by atoms with Gasteiger partial charge in [-0.25, -0.2) is 8.42 Å². The normalized spacial score (nSPS) is 13.9. The van der Waals surface area contributed by atoms with Gasteiger partial charge in [-0.3, -0.25) is 4.79 Å². The van der Waals surface area contributed by atoms with E-state index in [0.29, 0.717) is 12.5 Å². The van der Waals surface area contributed by atoms with Gasteiger partial charge in [0.25, 0.3) is 0 Å². The smallest absolute Gasteiger partial charge is 0.240 e. The Hall–Kier alpha value is -0.620. The number of hydrogen-bond acceptors (Lipinski definition) is 4. The Labute approximate surface area is 97.9 Å². The molecule has 96 valence electrons. The summed E-state index contributed by atoms with van der Waals surface area (Å²) in [6, 6.07) is -0.952. The van der Waals surface area contributed by atoms with Crippen LogP contribution in [0.25, 0.3) is 0 Å². The minimum absolute atomic E-state index is 0.294. The van der Waals surface area contributed by atoms with Crippen LogP contribution in [0.15, 0.2) is 0 Å². The van der Waals surface area contributed by atoms with Crippen LogP contribution < -0.4 is 5.73 Å². The third-order valence-electron chi connectivity index (χ3n) is 2.22. The molecule has 0 spiro atoms. The van der Waals surface area contributed by atoms with Crippen LogP contribution in [-0.4, -0.2) is 50.9 Å². The topological polar surface area (TPSA) is 80.5 Å². The maximum absolute atomic E-state index is 11.7. The van der Waals surface area contributed by atoms with Gasteiger partial charge in [0.05, 0.1) is 11.8 Å². The van der Waals surface area contributed by atoms with Crippen molar-refractivity contribution in [3.8, 4) is 0 Å². The highest BCUT2D eigenvalue weighted by atomic mass is 32.2. The lowest BCUT2D eigenvalue weighted by molar-refractivity contribution is -0.130. The third kappa shape index (κ3) is 6.79. The minimum atomic E-state index is -3.21. The van der Waals surface area contributed by atoms with Crippen LogP contribution in [0.5, 0.6) is 0 Å². The summed E-state index contributed by atoms with van der Waals surface area (Å²) in [5.41, 5.74) is 5.54. The molecule has 1 atom stereocenters. The lowest BCUT2D eigenvalue weighted by atomic mass is 10.1. The quantitative estimate of drug-likeness (QED) is 0.711. The zero-order valence-corrected chi connectivity index (χ0v) is 11.3. The second kappa shape index (κ2) is 6.20. The fourth-order valence-corrected chi connectivity index (χ4v) is 2.04. The molecule has 1 unspecified atom stereocenters. The largest absolute Gasteiger partial charge is 0.344 e. The van der Waals surface area contributed by atoms with Crippen molar-refractivity contribution >= 4 is 15.7 Å². The van der Waals surface area contributed by atoms with Gasteiger partial charge in [-0.1, -0.05) is 13.8 Å². The molecule has 0 rings (SSSR count). The van der Waals surface area contributed by atoms with Gasteiger partial charge >= 0.3 is 0 Å². The second-order valence-corrected chi connectivity index (χ2v) is 6.83. The Morgan fingerprint density at radius 1 is 1.38 bits per heavy atom. The third-order valence-corrected chi connectivity index (χ3v) is 3.18. The van der Waals surface area contributed by atoms with Crippen LogP contribution >= 0.6 is 0 Å². The molecule has 0 fully saturated rings. The maximum atomic E-state index is 11.7. The van der Waals surface area contributed by atoms with E-state index in [-0.39, 0.29) is 11.7 Å². The molecule has 0 radical (unpaired) electrons. The Kier molecular flexibility index (Phi) is 5.96. The summed E-state index contributed by atoms with van der Waals surface area (Å²) in [4.78, 5) is 13.2. The summed E-state index contributed by atoms with van der Waals surface area (Å²) < 4.78 is 22.0. The molecule has 0 heterocycles. The van der Waals surface area contributed by atoms with Gasteiger partial charge in [0, 0.05) is 19.8 Å². The van der Waals surface area contributed by atoms with Gasteiger partial charge in [-0.05, 0) is 12.3 Å². The minimum Gasteiger partial charge on any atom is -0.344 e. The van der Waals surface area contributed by atoms with Crippen molar-refractivity contribution in [3.05, 3.63) is 0 Å². The van der Waals surface area contributed by atoms with Gasteiger partial charge in [0.1, 0.15) is 9.84 Å². The molecule has 0 aromatic rings. The Bertz CT molecular complexity index is 325. The molecule has 0 aliphatic heterocycles. The van der Waals surface area contributed by atoms with Gasteiger partial charge < -0.3 is 10.6 Å². The number of nitrogens with two attached hydrogens (primary N) is 1. The van der Waals surface area contributed by atoms with Gasteiger partial charge in [0.2, 0.25) is 5.91 Å². The molecule has 0 aromatic carbocycles. The first-order valence-corrected chi connectivity index (χ1v) is 7.38. The van der Waals surface area contributed by atoms with Crippen LogP contribution in [-0.2, 0) is 14.6 Å². The van der Waals surface area contributed by atoms with E-state index in [9.17, 15) is 13.2 Å². The summed E-state index contributed by atoms with van der Waals surface area (Å²) in [5.74, 6) is -0.106. The standard InChI is InChI=1S/C10H22N2O3S/c1-8(2)5-6-12(3)10(13)9(11)7-16(4,14)15/h8-9H,5-7,11H2,1-4H3. The summed E-state index contributed by atoms with van der Waals surface area (Å²) in [6.45, 7) is 4.73. The van der Waals surface area contributed by atoms with E-state index < -0.39 is 15.9 Å². The van der Waals surface area contributed by atoms with Crippen molar-refractivity contribution < 1.29 is 13.2 Å². The second-order valence-electron chi connectivity index (χ2n) is 4.64. The first-order valence-electron chi connectivity index (χ1n) is 5.31. The van der Waals surface area contributed by atoms with Crippen LogP contribution in [0.2, 0.25) is 0 Å². The SMILES string of the molecule is CC(C)CCN(C)C(=O)C(N)CS(C)(=O)=O. The van der Waals surface area contributed by atoms with E-state index in [0.717, 1.165) is 12.7 Å². The van der Waals surface area contributed by atoms with Crippen molar-refractivity contribution in [2.24, 2.45) is 11.7 Å². The fourth-order valence-electron chi connectivity index (χ4n) is 1.24. The van der Waals surface area contributed by atoms with Gasteiger partial charge in [0.15, 0.2) is 0 Å². The van der Waals surface area contributed by atoms with Gasteiger partial charge in [-0.2, -0.15) is 0 Å². The number of rotatable bonds is 6. The van der Waals surface area contributed by atoms with Crippen molar-refractivity contribution in [2.45, 2.75) is 26.3 Å². The average molecular weight is 250 g/mol. The molecule has 0 saturated carbocycles. The fraction of sp³-hybridized carbons (Fsp3) is 0.900. The molecule has 16 heavy (non-hydrogen) atoms. The van der Waals surface area contributed by atoms with E-state index >= 15 is 0 Å². The molecule has 0 aliphatic rings. The molecule has 0 aliphatic carbocycles. The molecule has 6 heteroatoms. The van der Waals surface area contributed by atoms with E-state index in [1.807, 2.05) is 0 Å². The zero-order valence-electron chi connectivity index (χ0n) is 10.4. The number of carbonyl (C=O) groups excluding carboxylic acids is 1. The highest BCUT2D eigenvalue weighted by Gasteiger charge is 2.21. The van der Waals surface area contributed by atoms with Crippen molar-refractivity contribution in [1.82, 2.24) is 4.90 Å². The van der Waals surface area contributed by atoms with Crippen LogP contribution in [0.3, 0.4) is 0 Å². The Balaban J connectivity index is 4.22. The zero-order chi connectivity index (χ0) is 12.9. The molecule has 0 saturated heterocycles. The predicted octanol–water partition coefficient (Wildman–Crippen LogP) is -0.137. The maximum Gasteiger partial charge on any atom is 0.240 e. The van der Waals surface area contributed by atoms with E-state index in [4.69, 9.17) is 5.73 Å². The summed E-state index contributed by atoms with van der Waals surface area (Å²) in [5, 5.41) is 0. The van der Waals surface area contributed by atoms with E-state index in [2.05, 4.69) is 13.8 Å². The lowest BCUT2D eigenvalue weighted by Crippen LogP contribution is -2.46. The van der Waals surface area contributed by atoms with E-state index in [1.54, 1.807) is 7.05 Å². The molecule has 0 bridgehead atoms. The first-order chi connectivity index (χ1) is 7.13. The number of sulfone groups is 1. The Morgan fingerprint density at radius 2 is 1.88 bits per heavy atom. The lowest BCUT2D eigenvalue weighted by Gasteiger charge is -2.21. The van der Waals surface area contributed by atoms with Crippen LogP contribution in [0.4, 0.5) is 0 Å². The van der Waals surface area contributed by atoms with Crippen LogP contribution in [0.1, 0.15) is 20.3 Å². The van der Waals surface area contributed by atoms with E-state index in [1.165, 1.54) is 4.90 Å². The van der Waals surface area contributed by atoms with Crippen molar-refractivity contribution in [3.63, 3.8) is 0 Å². The van der Waals surface area contributed by atoms with Crippen molar-refractivity contribution in [1.29, 1.82) is 0 Å². The molecule has 5 nitrogen and oxygen atoms in total.